The summed E-state index contributed by atoms with van der Waals surface area (Å²) in [7, 11) is 0. The summed E-state index contributed by atoms with van der Waals surface area (Å²) in [5.41, 5.74) is 1.40. The number of carbonyl (C=O) groups excluding carboxylic acids is 2. The molecule has 0 aliphatic heterocycles. The third kappa shape index (κ3) is 3.41. The molecule has 1 aromatic rings. The van der Waals surface area contributed by atoms with Crippen LogP contribution in [0, 0.1) is 13.8 Å². The zero-order chi connectivity index (χ0) is 13.0. The SMILES string of the molecule is CCC(=O)[C@H](C)OC(=O)Cc1c(C)noc1C. The van der Waals surface area contributed by atoms with Gasteiger partial charge in [-0.15, -0.1) is 0 Å². The van der Waals surface area contributed by atoms with Gasteiger partial charge in [-0.1, -0.05) is 12.1 Å². The number of hydrogen-bond acceptors (Lipinski definition) is 5. The molecule has 5 heteroatoms. The van der Waals surface area contributed by atoms with Crippen LogP contribution in [0.15, 0.2) is 4.52 Å². The van der Waals surface area contributed by atoms with Crippen LogP contribution in [0.2, 0.25) is 0 Å². The monoisotopic (exact) mass is 239 g/mol. The summed E-state index contributed by atoms with van der Waals surface area (Å²) < 4.78 is 9.97. The molecule has 0 unspecified atom stereocenters. The molecule has 0 spiro atoms. The number of aromatic nitrogens is 1. The third-order valence-electron chi connectivity index (χ3n) is 2.61. The number of Topliss-reactive ketones (excluding diaryl/α,β-unsaturated/α-hetero) is 1. The van der Waals surface area contributed by atoms with E-state index in [1.165, 1.54) is 0 Å². The van der Waals surface area contributed by atoms with Gasteiger partial charge in [-0.2, -0.15) is 0 Å². The van der Waals surface area contributed by atoms with Crippen molar-refractivity contribution >= 4 is 11.8 Å². The lowest BCUT2D eigenvalue weighted by molar-refractivity contribution is -0.153. The number of esters is 1. The van der Waals surface area contributed by atoms with E-state index in [0.717, 1.165) is 5.56 Å². The van der Waals surface area contributed by atoms with Gasteiger partial charge in [0, 0.05) is 12.0 Å². The van der Waals surface area contributed by atoms with Crippen molar-refractivity contribution in [1.29, 1.82) is 0 Å². The van der Waals surface area contributed by atoms with E-state index in [-0.39, 0.29) is 12.2 Å². The standard InChI is InChI=1S/C12H17NO4/c1-5-11(14)9(4)16-12(15)6-10-7(2)13-17-8(10)3/h9H,5-6H2,1-4H3/t9-/m0/s1. The smallest absolute Gasteiger partial charge is 0.311 e. The van der Waals surface area contributed by atoms with Gasteiger partial charge in [0.1, 0.15) is 5.76 Å². The molecule has 1 rings (SSSR count). The molecule has 0 fully saturated rings. The van der Waals surface area contributed by atoms with Gasteiger partial charge >= 0.3 is 5.97 Å². The van der Waals surface area contributed by atoms with Crippen molar-refractivity contribution in [2.24, 2.45) is 0 Å². The Bertz CT molecular complexity index is 403. The molecule has 0 N–H and O–H groups in total. The van der Waals surface area contributed by atoms with Crippen molar-refractivity contribution in [2.75, 3.05) is 0 Å². The highest BCUT2D eigenvalue weighted by molar-refractivity contribution is 5.85. The van der Waals surface area contributed by atoms with E-state index >= 15 is 0 Å². The molecule has 0 saturated carbocycles. The van der Waals surface area contributed by atoms with E-state index < -0.39 is 12.1 Å². The van der Waals surface area contributed by atoms with E-state index in [1.54, 1.807) is 27.7 Å². The number of hydrogen-bond donors (Lipinski definition) is 0. The zero-order valence-electron chi connectivity index (χ0n) is 10.6. The first-order valence-corrected chi connectivity index (χ1v) is 5.59. The van der Waals surface area contributed by atoms with Gasteiger partial charge in [0.2, 0.25) is 0 Å². The van der Waals surface area contributed by atoms with E-state index in [0.29, 0.717) is 17.9 Å². The lowest BCUT2D eigenvalue weighted by Gasteiger charge is -2.10. The molecule has 0 aliphatic rings. The molecule has 0 saturated heterocycles. The van der Waals surface area contributed by atoms with Gasteiger partial charge in [0.25, 0.3) is 0 Å². The Morgan fingerprint density at radius 3 is 2.53 bits per heavy atom. The van der Waals surface area contributed by atoms with Crippen molar-refractivity contribution in [3.63, 3.8) is 0 Å². The Labute approximate surface area is 100 Å². The molecule has 0 aromatic carbocycles. The lowest BCUT2D eigenvalue weighted by atomic mass is 10.1. The maximum atomic E-state index is 11.6. The fourth-order valence-electron chi connectivity index (χ4n) is 1.49. The first-order chi connectivity index (χ1) is 7.95. The van der Waals surface area contributed by atoms with Crippen molar-refractivity contribution in [1.82, 2.24) is 5.16 Å². The maximum absolute atomic E-state index is 11.6. The van der Waals surface area contributed by atoms with Crippen LogP contribution < -0.4 is 0 Å². The second-order valence-corrected chi connectivity index (χ2v) is 3.93. The minimum Gasteiger partial charge on any atom is -0.454 e. The molecule has 0 aliphatic carbocycles. The Morgan fingerprint density at radius 2 is 2.06 bits per heavy atom. The molecular weight excluding hydrogens is 222 g/mol. The molecule has 0 amide bonds. The van der Waals surface area contributed by atoms with E-state index in [9.17, 15) is 9.59 Å². The number of rotatable bonds is 5. The lowest BCUT2D eigenvalue weighted by Crippen LogP contribution is -2.24. The van der Waals surface area contributed by atoms with Crippen LogP contribution in [0.5, 0.6) is 0 Å². The summed E-state index contributed by atoms with van der Waals surface area (Å²) in [6, 6.07) is 0. The van der Waals surface area contributed by atoms with Crippen LogP contribution in [0.3, 0.4) is 0 Å². The molecule has 1 atom stereocenters. The fraction of sp³-hybridized carbons (Fsp3) is 0.583. The van der Waals surface area contributed by atoms with Crippen LogP contribution in [0.25, 0.3) is 0 Å². The van der Waals surface area contributed by atoms with Crippen LogP contribution >= 0.6 is 0 Å². The van der Waals surface area contributed by atoms with Crippen molar-refractivity contribution in [3.8, 4) is 0 Å². The summed E-state index contributed by atoms with van der Waals surface area (Å²) in [5, 5.41) is 3.75. The normalized spacial score (nSPS) is 12.2. The van der Waals surface area contributed by atoms with Crippen LogP contribution in [-0.4, -0.2) is 23.0 Å². The van der Waals surface area contributed by atoms with Crippen LogP contribution in [-0.2, 0) is 20.7 Å². The van der Waals surface area contributed by atoms with Gasteiger partial charge in [-0.3, -0.25) is 9.59 Å². The largest absolute Gasteiger partial charge is 0.454 e. The van der Waals surface area contributed by atoms with E-state index in [4.69, 9.17) is 9.26 Å². The summed E-state index contributed by atoms with van der Waals surface area (Å²) >= 11 is 0. The quantitative estimate of drug-likeness (QED) is 0.732. The number of ketones is 1. The summed E-state index contributed by atoms with van der Waals surface area (Å²) in [6.07, 6.45) is -0.240. The molecule has 17 heavy (non-hydrogen) atoms. The van der Waals surface area contributed by atoms with Gasteiger partial charge in [0.05, 0.1) is 12.1 Å². The Morgan fingerprint density at radius 1 is 1.41 bits per heavy atom. The van der Waals surface area contributed by atoms with Crippen LogP contribution in [0.4, 0.5) is 0 Å². The van der Waals surface area contributed by atoms with E-state index in [1.807, 2.05) is 0 Å². The minimum atomic E-state index is -0.687. The highest BCUT2D eigenvalue weighted by Gasteiger charge is 2.19. The highest BCUT2D eigenvalue weighted by atomic mass is 16.5. The number of carbonyl (C=O) groups is 2. The zero-order valence-corrected chi connectivity index (χ0v) is 10.6. The Balaban J connectivity index is 2.59. The predicted molar refractivity (Wildman–Crippen MR) is 60.5 cm³/mol. The first kappa shape index (κ1) is 13.4. The molecule has 0 radical (unpaired) electrons. The molecule has 5 nitrogen and oxygen atoms in total. The molecular formula is C12H17NO4. The second-order valence-electron chi connectivity index (χ2n) is 3.93. The predicted octanol–water partition coefficient (Wildman–Crippen LogP) is 1.74. The highest BCUT2D eigenvalue weighted by Crippen LogP contribution is 2.13. The fourth-order valence-corrected chi connectivity index (χ4v) is 1.49. The van der Waals surface area contributed by atoms with Crippen molar-refractivity contribution in [3.05, 3.63) is 17.0 Å². The second kappa shape index (κ2) is 5.61. The minimum absolute atomic E-state index is 0.0858. The Kier molecular flexibility index (Phi) is 4.43. The first-order valence-electron chi connectivity index (χ1n) is 5.59. The van der Waals surface area contributed by atoms with E-state index in [2.05, 4.69) is 5.16 Å². The molecule has 94 valence electrons. The molecule has 0 bridgehead atoms. The van der Waals surface area contributed by atoms with Crippen LogP contribution in [0.1, 0.15) is 37.3 Å². The molecule has 1 heterocycles. The maximum Gasteiger partial charge on any atom is 0.311 e. The van der Waals surface area contributed by atoms with Crippen molar-refractivity contribution in [2.45, 2.75) is 46.6 Å². The summed E-state index contributed by atoms with van der Waals surface area (Å²) in [6.45, 7) is 6.82. The summed E-state index contributed by atoms with van der Waals surface area (Å²) in [4.78, 5) is 22.9. The number of nitrogens with zero attached hydrogens (tertiary/aromatic N) is 1. The van der Waals surface area contributed by atoms with Gasteiger partial charge in [0.15, 0.2) is 11.9 Å². The third-order valence-corrected chi connectivity index (χ3v) is 2.61. The molecule has 1 aromatic heterocycles. The Hall–Kier alpha value is -1.65. The topological polar surface area (TPSA) is 69.4 Å². The van der Waals surface area contributed by atoms with Crippen molar-refractivity contribution < 1.29 is 18.8 Å². The van der Waals surface area contributed by atoms with Gasteiger partial charge in [-0.05, 0) is 20.8 Å². The van der Waals surface area contributed by atoms with Gasteiger partial charge in [-0.25, -0.2) is 0 Å². The summed E-state index contributed by atoms with van der Waals surface area (Å²) in [5.74, 6) is 0.0831. The van der Waals surface area contributed by atoms with Gasteiger partial charge < -0.3 is 9.26 Å². The average molecular weight is 239 g/mol. The average Bonchev–Trinajstić information content (AvgIpc) is 2.59. The number of ether oxygens (including phenoxy) is 1. The number of aryl methyl sites for hydroxylation is 2.